The lowest BCUT2D eigenvalue weighted by molar-refractivity contribution is 0.653. The molecule has 0 aliphatic carbocycles. The van der Waals surface area contributed by atoms with Crippen molar-refractivity contribution >= 4 is 45.2 Å². The van der Waals surface area contributed by atoms with Gasteiger partial charge in [-0.2, -0.15) is 10.2 Å². The summed E-state index contributed by atoms with van der Waals surface area (Å²) < 4.78 is 4.38. The lowest BCUT2D eigenvalue weighted by Crippen LogP contribution is -1.93. The van der Waals surface area contributed by atoms with Crippen LogP contribution >= 0.6 is 45.2 Å². The molecule has 2 aromatic heterocycles. The van der Waals surface area contributed by atoms with Gasteiger partial charge in [0.15, 0.2) is 0 Å². The standard InChI is InChI=1S/C6H9IN2.C4H5IN2/c1-3-9-4-6(7)5(2)8-9;1-3-4(5)2-6-7-3/h4H,3H2,1-2H3;2H,1H3,(H,6,7). The van der Waals surface area contributed by atoms with Gasteiger partial charge in [0.05, 0.1) is 19.0 Å². The molecule has 16 heavy (non-hydrogen) atoms. The Hall–Kier alpha value is -0.120. The molecule has 0 aromatic carbocycles. The molecule has 0 unspecified atom stereocenters. The Bertz CT molecular complexity index is 411. The van der Waals surface area contributed by atoms with Crippen molar-refractivity contribution in [2.24, 2.45) is 0 Å². The monoisotopic (exact) mass is 444 g/mol. The van der Waals surface area contributed by atoms with Gasteiger partial charge in [0.25, 0.3) is 0 Å². The van der Waals surface area contributed by atoms with Crippen molar-refractivity contribution < 1.29 is 0 Å². The summed E-state index contributed by atoms with van der Waals surface area (Å²) >= 11 is 4.51. The molecule has 0 radical (unpaired) electrons. The number of nitrogens with zero attached hydrogens (tertiary/aromatic N) is 3. The predicted molar refractivity (Wildman–Crippen MR) is 81.4 cm³/mol. The van der Waals surface area contributed by atoms with E-state index in [1.165, 1.54) is 7.14 Å². The summed E-state index contributed by atoms with van der Waals surface area (Å²) in [5.41, 5.74) is 2.26. The van der Waals surface area contributed by atoms with E-state index in [0.717, 1.165) is 17.9 Å². The zero-order valence-corrected chi connectivity index (χ0v) is 13.8. The van der Waals surface area contributed by atoms with E-state index >= 15 is 0 Å². The molecule has 2 aromatic rings. The van der Waals surface area contributed by atoms with Gasteiger partial charge in [-0.15, -0.1) is 0 Å². The van der Waals surface area contributed by atoms with Crippen LogP contribution < -0.4 is 0 Å². The van der Waals surface area contributed by atoms with Crippen LogP contribution in [0.2, 0.25) is 0 Å². The number of nitrogens with one attached hydrogen (secondary N) is 1. The molecule has 0 saturated heterocycles. The summed E-state index contributed by atoms with van der Waals surface area (Å²) in [6, 6.07) is 0. The molecule has 88 valence electrons. The normalized spacial score (nSPS) is 9.81. The first-order valence-electron chi connectivity index (χ1n) is 4.89. The zero-order chi connectivity index (χ0) is 12.1. The fraction of sp³-hybridized carbons (Fsp3) is 0.400. The molecule has 0 aliphatic rings. The van der Waals surface area contributed by atoms with Crippen LogP contribution in [0.4, 0.5) is 0 Å². The Morgan fingerprint density at radius 1 is 1.31 bits per heavy atom. The van der Waals surface area contributed by atoms with Gasteiger partial charge in [-0.3, -0.25) is 9.78 Å². The first-order chi connectivity index (χ1) is 7.54. The van der Waals surface area contributed by atoms with E-state index in [1.54, 1.807) is 6.20 Å². The molecular formula is C10H14I2N4. The fourth-order valence-corrected chi connectivity index (χ4v) is 1.68. The summed E-state index contributed by atoms with van der Waals surface area (Å²) in [4.78, 5) is 0. The lowest BCUT2D eigenvalue weighted by atomic mass is 10.5. The Morgan fingerprint density at radius 2 is 2.00 bits per heavy atom. The number of H-pyrrole nitrogens is 1. The second-order valence-electron chi connectivity index (χ2n) is 3.26. The van der Waals surface area contributed by atoms with E-state index in [2.05, 4.69) is 73.6 Å². The van der Waals surface area contributed by atoms with Gasteiger partial charge in [-0.1, -0.05) is 0 Å². The quantitative estimate of drug-likeness (QED) is 0.688. The van der Waals surface area contributed by atoms with Crippen LogP contribution in [0.3, 0.4) is 0 Å². The Morgan fingerprint density at radius 3 is 2.19 bits per heavy atom. The largest absolute Gasteiger partial charge is 0.282 e. The van der Waals surface area contributed by atoms with E-state index in [1.807, 2.05) is 18.5 Å². The predicted octanol–water partition coefficient (Wildman–Crippen LogP) is 3.14. The van der Waals surface area contributed by atoms with Gasteiger partial charge in [0, 0.05) is 18.4 Å². The molecule has 0 amide bonds. The minimum absolute atomic E-state index is 0.962. The van der Waals surface area contributed by atoms with Crippen LogP contribution in [0.1, 0.15) is 18.3 Å². The molecule has 2 heterocycles. The third-order valence-corrected chi connectivity index (χ3v) is 4.13. The summed E-state index contributed by atoms with van der Waals surface area (Å²) in [7, 11) is 0. The van der Waals surface area contributed by atoms with Gasteiger partial charge in [0.2, 0.25) is 0 Å². The molecule has 2 rings (SSSR count). The topological polar surface area (TPSA) is 46.5 Å². The maximum absolute atomic E-state index is 4.24. The van der Waals surface area contributed by atoms with E-state index < -0.39 is 0 Å². The maximum atomic E-state index is 4.24. The van der Waals surface area contributed by atoms with Crippen molar-refractivity contribution in [3.8, 4) is 0 Å². The number of aryl methyl sites for hydroxylation is 3. The highest BCUT2D eigenvalue weighted by Gasteiger charge is 1.97. The minimum Gasteiger partial charge on any atom is -0.282 e. The molecule has 6 heteroatoms. The van der Waals surface area contributed by atoms with Crippen molar-refractivity contribution in [1.29, 1.82) is 0 Å². The Kier molecular flexibility index (Phi) is 5.73. The number of hydrogen-bond acceptors (Lipinski definition) is 2. The number of rotatable bonds is 1. The summed E-state index contributed by atoms with van der Waals surface area (Å²) in [5.74, 6) is 0. The van der Waals surface area contributed by atoms with Gasteiger partial charge in [-0.25, -0.2) is 0 Å². The van der Waals surface area contributed by atoms with Crippen molar-refractivity contribution in [1.82, 2.24) is 20.0 Å². The van der Waals surface area contributed by atoms with Crippen LogP contribution in [-0.2, 0) is 6.54 Å². The van der Waals surface area contributed by atoms with Gasteiger partial charge >= 0.3 is 0 Å². The first kappa shape index (κ1) is 13.9. The highest BCUT2D eigenvalue weighted by molar-refractivity contribution is 14.1. The van der Waals surface area contributed by atoms with Crippen LogP contribution in [0, 0.1) is 21.0 Å². The average molecular weight is 444 g/mol. The van der Waals surface area contributed by atoms with Crippen molar-refractivity contribution in [3.63, 3.8) is 0 Å². The fourth-order valence-electron chi connectivity index (χ4n) is 0.992. The second-order valence-corrected chi connectivity index (χ2v) is 5.59. The Balaban J connectivity index is 0.000000165. The average Bonchev–Trinajstić information content (AvgIpc) is 2.77. The summed E-state index contributed by atoms with van der Waals surface area (Å²) in [5, 5.41) is 10.8. The molecule has 0 saturated carbocycles. The van der Waals surface area contributed by atoms with E-state index in [9.17, 15) is 0 Å². The SMILES string of the molecule is CCn1cc(I)c(C)n1.Cc1[nH]ncc1I. The zero-order valence-electron chi connectivity index (χ0n) is 9.46. The van der Waals surface area contributed by atoms with Crippen LogP contribution in [0.15, 0.2) is 12.4 Å². The highest BCUT2D eigenvalue weighted by Crippen LogP contribution is 2.07. The molecular weight excluding hydrogens is 430 g/mol. The molecule has 0 atom stereocenters. The molecule has 4 nitrogen and oxygen atoms in total. The third-order valence-electron chi connectivity index (χ3n) is 1.98. The van der Waals surface area contributed by atoms with Gasteiger partial charge in [-0.05, 0) is 66.0 Å². The third kappa shape index (κ3) is 4.04. The minimum atomic E-state index is 0.962. The second kappa shape index (κ2) is 6.58. The number of hydrogen-bond donors (Lipinski definition) is 1. The van der Waals surface area contributed by atoms with Crippen LogP contribution in [0.5, 0.6) is 0 Å². The van der Waals surface area contributed by atoms with E-state index in [0.29, 0.717) is 0 Å². The van der Waals surface area contributed by atoms with E-state index in [4.69, 9.17) is 0 Å². The van der Waals surface area contributed by atoms with Gasteiger partial charge in [0.1, 0.15) is 0 Å². The van der Waals surface area contributed by atoms with Gasteiger partial charge < -0.3 is 0 Å². The van der Waals surface area contributed by atoms with Crippen molar-refractivity contribution in [3.05, 3.63) is 30.9 Å². The molecule has 0 aliphatic heterocycles. The van der Waals surface area contributed by atoms with Crippen LogP contribution in [-0.4, -0.2) is 20.0 Å². The highest BCUT2D eigenvalue weighted by atomic mass is 127. The molecule has 0 bridgehead atoms. The smallest absolute Gasteiger partial charge is 0.0727 e. The lowest BCUT2D eigenvalue weighted by Gasteiger charge is -1.88. The molecule has 1 N–H and O–H groups in total. The number of aromatic nitrogens is 4. The van der Waals surface area contributed by atoms with Crippen molar-refractivity contribution in [2.45, 2.75) is 27.3 Å². The Labute approximate surface area is 122 Å². The molecule has 0 fully saturated rings. The van der Waals surface area contributed by atoms with Crippen molar-refractivity contribution in [2.75, 3.05) is 0 Å². The number of halogens is 2. The summed E-state index contributed by atoms with van der Waals surface area (Å²) in [6.07, 6.45) is 3.85. The maximum Gasteiger partial charge on any atom is 0.0727 e. The summed E-state index contributed by atoms with van der Waals surface area (Å²) in [6.45, 7) is 7.06. The first-order valence-corrected chi connectivity index (χ1v) is 7.05. The number of aromatic amines is 1. The van der Waals surface area contributed by atoms with Crippen LogP contribution in [0.25, 0.3) is 0 Å². The van der Waals surface area contributed by atoms with E-state index in [-0.39, 0.29) is 0 Å². The molecule has 0 spiro atoms.